The summed E-state index contributed by atoms with van der Waals surface area (Å²) in [7, 11) is 0. The fourth-order valence-electron chi connectivity index (χ4n) is 3.97. The summed E-state index contributed by atoms with van der Waals surface area (Å²) >= 11 is 0. The Morgan fingerprint density at radius 1 is 1.16 bits per heavy atom. The number of rotatable bonds is 5. The number of likely N-dealkylation sites (tertiary alicyclic amines) is 1. The molecule has 1 atom stereocenters. The van der Waals surface area contributed by atoms with E-state index in [-0.39, 0.29) is 5.78 Å². The van der Waals surface area contributed by atoms with Crippen molar-refractivity contribution in [1.82, 2.24) is 9.80 Å². The molecular formula is C20H24N2O3. The van der Waals surface area contributed by atoms with E-state index in [0.717, 1.165) is 44.6 Å². The first-order chi connectivity index (χ1) is 12.2. The van der Waals surface area contributed by atoms with Crippen LogP contribution in [0.15, 0.2) is 47.1 Å². The molecule has 0 amide bonds. The highest BCUT2D eigenvalue weighted by Gasteiger charge is 2.31. The van der Waals surface area contributed by atoms with Crippen molar-refractivity contribution in [3.63, 3.8) is 0 Å². The summed E-state index contributed by atoms with van der Waals surface area (Å²) in [4.78, 5) is 16.5. The summed E-state index contributed by atoms with van der Waals surface area (Å²) in [6.45, 7) is 4.02. The summed E-state index contributed by atoms with van der Waals surface area (Å²) < 4.78 is 5.18. The second-order valence-corrected chi connectivity index (χ2v) is 7.12. The fraction of sp³-hybridized carbons (Fsp3) is 0.450. The summed E-state index contributed by atoms with van der Waals surface area (Å²) in [6, 6.07) is 11.6. The number of aliphatic hydroxyl groups excluding tert-OH is 1. The molecule has 4 rings (SSSR count). The van der Waals surface area contributed by atoms with Gasteiger partial charge in [-0.25, -0.2) is 0 Å². The third kappa shape index (κ3) is 3.54. The SMILES string of the molecule is O=C(CN1CCC(CN2Cc3ccccc3C2O)CC1)c1ccco1. The number of Topliss-reactive ketones (excluding diaryl/α,β-unsaturated/α-hetero) is 1. The molecule has 25 heavy (non-hydrogen) atoms. The fourth-order valence-corrected chi connectivity index (χ4v) is 3.97. The lowest BCUT2D eigenvalue weighted by Gasteiger charge is -2.34. The number of benzene rings is 1. The van der Waals surface area contributed by atoms with Gasteiger partial charge in [-0.15, -0.1) is 0 Å². The van der Waals surface area contributed by atoms with Crippen LogP contribution in [0.1, 0.15) is 40.8 Å². The van der Waals surface area contributed by atoms with Gasteiger partial charge in [0.05, 0.1) is 12.8 Å². The number of fused-ring (bicyclic) bond motifs is 1. The van der Waals surface area contributed by atoms with Gasteiger partial charge >= 0.3 is 0 Å². The van der Waals surface area contributed by atoms with Crippen molar-refractivity contribution in [2.45, 2.75) is 25.6 Å². The minimum atomic E-state index is -0.477. The van der Waals surface area contributed by atoms with E-state index < -0.39 is 6.23 Å². The Morgan fingerprint density at radius 2 is 1.96 bits per heavy atom. The van der Waals surface area contributed by atoms with Crippen LogP contribution in [0.3, 0.4) is 0 Å². The highest BCUT2D eigenvalue weighted by atomic mass is 16.3. The van der Waals surface area contributed by atoms with Crippen molar-refractivity contribution in [1.29, 1.82) is 0 Å². The molecule has 0 saturated carbocycles. The molecule has 5 heteroatoms. The van der Waals surface area contributed by atoms with Gasteiger partial charge in [-0.05, 0) is 55.1 Å². The largest absolute Gasteiger partial charge is 0.461 e. The van der Waals surface area contributed by atoms with Gasteiger partial charge in [-0.2, -0.15) is 0 Å². The Hall–Kier alpha value is -1.95. The lowest BCUT2D eigenvalue weighted by atomic mass is 9.96. The first-order valence-corrected chi connectivity index (χ1v) is 8.99. The summed E-state index contributed by atoms with van der Waals surface area (Å²) in [5.74, 6) is 1.06. The lowest BCUT2D eigenvalue weighted by Crippen LogP contribution is -2.40. The monoisotopic (exact) mass is 340 g/mol. The molecule has 132 valence electrons. The molecule has 0 bridgehead atoms. The van der Waals surface area contributed by atoms with E-state index in [9.17, 15) is 9.90 Å². The van der Waals surface area contributed by atoms with Gasteiger partial charge in [0, 0.05) is 13.1 Å². The number of carbonyl (C=O) groups excluding carboxylic acids is 1. The van der Waals surface area contributed by atoms with Gasteiger partial charge in [0.1, 0.15) is 6.23 Å². The second kappa shape index (κ2) is 7.12. The molecule has 1 saturated heterocycles. The molecule has 1 aromatic carbocycles. The molecule has 1 fully saturated rings. The van der Waals surface area contributed by atoms with Crippen molar-refractivity contribution >= 4 is 5.78 Å². The van der Waals surface area contributed by atoms with Crippen LogP contribution in [0, 0.1) is 5.92 Å². The normalized spacial score (nSPS) is 22.2. The van der Waals surface area contributed by atoms with E-state index in [1.807, 2.05) is 18.2 Å². The highest BCUT2D eigenvalue weighted by Crippen LogP contribution is 2.33. The van der Waals surface area contributed by atoms with Crippen molar-refractivity contribution in [3.05, 3.63) is 59.5 Å². The van der Waals surface area contributed by atoms with Crippen LogP contribution in [0.2, 0.25) is 0 Å². The van der Waals surface area contributed by atoms with Gasteiger partial charge in [-0.1, -0.05) is 24.3 Å². The summed E-state index contributed by atoms with van der Waals surface area (Å²) in [5, 5.41) is 10.5. The minimum Gasteiger partial charge on any atom is -0.461 e. The number of nitrogens with zero attached hydrogens (tertiary/aromatic N) is 2. The van der Waals surface area contributed by atoms with Gasteiger partial charge in [0.15, 0.2) is 5.76 Å². The van der Waals surface area contributed by atoms with Gasteiger partial charge in [0.2, 0.25) is 5.78 Å². The first kappa shape index (κ1) is 16.5. The van der Waals surface area contributed by atoms with E-state index in [1.54, 1.807) is 18.4 Å². The molecule has 2 aliphatic heterocycles. The molecule has 2 aliphatic rings. The highest BCUT2D eigenvalue weighted by molar-refractivity contribution is 5.94. The number of carbonyl (C=O) groups is 1. The van der Waals surface area contributed by atoms with Gasteiger partial charge in [0.25, 0.3) is 0 Å². The van der Waals surface area contributed by atoms with Crippen LogP contribution in [-0.2, 0) is 6.54 Å². The predicted molar refractivity (Wildman–Crippen MR) is 94.0 cm³/mol. The van der Waals surface area contributed by atoms with Crippen LogP contribution < -0.4 is 0 Å². The molecule has 0 aliphatic carbocycles. The van der Waals surface area contributed by atoms with Gasteiger partial charge < -0.3 is 9.52 Å². The lowest BCUT2D eigenvalue weighted by molar-refractivity contribution is -0.00355. The standard InChI is InChI=1S/C20H24N2O3/c23-18(19-6-3-11-25-19)14-21-9-7-15(8-10-21)12-22-13-16-4-1-2-5-17(16)20(22)24/h1-6,11,15,20,24H,7-10,12-14H2. The average Bonchev–Trinajstić information content (AvgIpc) is 3.26. The Bertz CT molecular complexity index is 720. The third-order valence-electron chi connectivity index (χ3n) is 5.42. The minimum absolute atomic E-state index is 0.0499. The smallest absolute Gasteiger partial charge is 0.211 e. The number of furan rings is 1. The molecule has 1 aromatic heterocycles. The van der Waals surface area contributed by atoms with E-state index in [4.69, 9.17) is 4.42 Å². The van der Waals surface area contributed by atoms with Crippen LogP contribution in [-0.4, -0.2) is 46.9 Å². The Morgan fingerprint density at radius 3 is 2.68 bits per heavy atom. The molecule has 0 spiro atoms. The van der Waals surface area contributed by atoms with Crippen LogP contribution in [0.5, 0.6) is 0 Å². The maximum absolute atomic E-state index is 12.1. The number of hydrogen-bond acceptors (Lipinski definition) is 5. The Labute approximate surface area is 147 Å². The van der Waals surface area contributed by atoms with Crippen LogP contribution >= 0.6 is 0 Å². The van der Waals surface area contributed by atoms with Crippen LogP contribution in [0.4, 0.5) is 0 Å². The molecule has 3 heterocycles. The summed E-state index contributed by atoms with van der Waals surface area (Å²) in [6.07, 6.45) is 3.18. The number of aliphatic hydroxyl groups is 1. The zero-order valence-electron chi connectivity index (χ0n) is 14.3. The van der Waals surface area contributed by atoms with E-state index in [1.165, 1.54) is 5.56 Å². The van der Waals surface area contributed by atoms with E-state index in [0.29, 0.717) is 18.2 Å². The zero-order chi connectivity index (χ0) is 17.2. The number of piperidine rings is 1. The Balaban J connectivity index is 1.26. The predicted octanol–water partition coefficient (Wildman–Crippen LogP) is 2.68. The maximum atomic E-state index is 12.1. The van der Waals surface area contributed by atoms with Crippen molar-refractivity contribution in [2.24, 2.45) is 5.92 Å². The quantitative estimate of drug-likeness (QED) is 0.848. The number of hydrogen-bond donors (Lipinski definition) is 1. The topological polar surface area (TPSA) is 56.9 Å². The Kier molecular flexibility index (Phi) is 4.70. The second-order valence-electron chi connectivity index (χ2n) is 7.12. The third-order valence-corrected chi connectivity index (χ3v) is 5.42. The average molecular weight is 340 g/mol. The molecular weight excluding hydrogens is 316 g/mol. The van der Waals surface area contributed by atoms with Gasteiger partial charge in [-0.3, -0.25) is 14.6 Å². The molecule has 0 radical (unpaired) electrons. The maximum Gasteiger partial charge on any atom is 0.211 e. The number of ketones is 1. The zero-order valence-corrected chi connectivity index (χ0v) is 14.3. The molecule has 1 unspecified atom stereocenters. The van der Waals surface area contributed by atoms with Crippen molar-refractivity contribution in [2.75, 3.05) is 26.2 Å². The molecule has 1 N–H and O–H groups in total. The first-order valence-electron chi connectivity index (χ1n) is 8.99. The van der Waals surface area contributed by atoms with Crippen LogP contribution in [0.25, 0.3) is 0 Å². The molecule has 2 aromatic rings. The van der Waals surface area contributed by atoms with E-state index >= 15 is 0 Å². The molecule has 5 nitrogen and oxygen atoms in total. The van der Waals surface area contributed by atoms with Crippen molar-refractivity contribution in [3.8, 4) is 0 Å². The van der Waals surface area contributed by atoms with E-state index in [2.05, 4.69) is 15.9 Å². The summed E-state index contributed by atoms with van der Waals surface area (Å²) in [5.41, 5.74) is 2.28. The van der Waals surface area contributed by atoms with Crippen molar-refractivity contribution < 1.29 is 14.3 Å².